The van der Waals surface area contributed by atoms with Crippen LogP contribution in [-0.2, 0) is 12.0 Å². The Labute approximate surface area is 163 Å². The molecule has 144 valence electrons. The van der Waals surface area contributed by atoms with Crippen LogP contribution in [0.5, 0.6) is 5.75 Å². The average molecular weight is 365 g/mol. The number of hydrogen-bond donors (Lipinski definition) is 1. The zero-order valence-electron chi connectivity index (χ0n) is 16.9. The lowest BCUT2D eigenvalue weighted by Crippen LogP contribution is -2.60. The molecule has 0 aliphatic carbocycles. The summed E-state index contributed by atoms with van der Waals surface area (Å²) >= 11 is 0. The largest absolute Gasteiger partial charge is 0.508 e. The molecular weight excluding hydrogens is 332 g/mol. The highest BCUT2D eigenvalue weighted by Crippen LogP contribution is 2.43. The van der Waals surface area contributed by atoms with Crippen LogP contribution < -0.4 is 0 Å². The van der Waals surface area contributed by atoms with Gasteiger partial charge in [-0.25, -0.2) is 0 Å². The van der Waals surface area contributed by atoms with Crippen molar-refractivity contribution in [3.05, 3.63) is 65.2 Å². The van der Waals surface area contributed by atoms with Crippen LogP contribution in [0.4, 0.5) is 0 Å². The first-order valence-corrected chi connectivity index (χ1v) is 10.3. The number of hydrogen-bond acceptors (Lipinski definition) is 3. The van der Waals surface area contributed by atoms with E-state index in [0.717, 1.165) is 39.1 Å². The Balaban J connectivity index is 1.50. The van der Waals surface area contributed by atoms with Crippen LogP contribution in [-0.4, -0.2) is 47.1 Å². The van der Waals surface area contributed by atoms with Gasteiger partial charge in [0.25, 0.3) is 0 Å². The average Bonchev–Trinajstić information content (AvgIpc) is 2.63. The summed E-state index contributed by atoms with van der Waals surface area (Å²) in [5, 5.41) is 9.99. The van der Waals surface area contributed by atoms with Crippen molar-refractivity contribution in [1.82, 2.24) is 9.80 Å². The highest BCUT2D eigenvalue weighted by molar-refractivity contribution is 5.34. The standard InChI is InChI=1S/C24H32N2O/c1-18-6-4-7-20(12-18)16-25-10-11-26-15-19(2)24(3,14-22(26)17-25)21-8-5-9-23(27)13-21/h4-9,12-13,19,22,27H,10-11,14-17H2,1-3H3/t19-,22+,24+/m0/s1. The molecule has 0 spiro atoms. The van der Waals surface area contributed by atoms with Crippen LogP contribution in [0.1, 0.15) is 37.0 Å². The van der Waals surface area contributed by atoms with Gasteiger partial charge in [0, 0.05) is 38.8 Å². The Hall–Kier alpha value is -1.84. The van der Waals surface area contributed by atoms with Crippen molar-refractivity contribution in [3.8, 4) is 5.75 Å². The van der Waals surface area contributed by atoms with Crippen LogP contribution in [0.15, 0.2) is 48.5 Å². The molecule has 3 atom stereocenters. The summed E-state index contributed by atoms with van der Waals surface area (Å²) < 4.78 is 0. The van der Waals surface area contributed by atoms with Gasteiger partial charge < -0.3 is 5.11 Å². The Morgan fingerprint density at radius 2 is 1.89 bits per heavy atom. The molecule has 3 nitrogen and oxygen atoms in total. The molecule has 27 heavy (non-hydrogen) atoms. The summed E-state index contributed by atoms with van der Waals surface area (Å²) in [5.41, 5.74) is 4.16. The van der Waals surface area contributed by atoms with Gasteiger partial charge in [-0.05, 0) is 47.9 Å². The lowest BCUT2D eigenvalue weighted by atomic mass is 9.65. The second-order valence-electron chi connectivity index (χ2n) is 8.95. The summed E-state index contributed by atoms with van der Waals surface area (Å²) in [4.78, 5) is 5.32. The lowest BCUT2D eigenvalue weighted by molar-refractivity contribution is -0.00558. The fraction of sp³-hybridized carbons (Fsp3) is 0.500. The number of fused-ring (bicyclic) bond motifs is 1. The van der Waals surface area contributed by atoms with Crippen molar-refractivity contribution < 1.29 is 5.11 Å². The van der Waals surface area contributed by atoms with E-state index in [1.165, 1.54) is 16.7 Å². The van der Waals surface area contributed by atoms with Crippen molar-refractivity contribution in [1.29, 1.82) is 0 Å². The van der Waals surface area contributed by atoms with Crippen molar-refractivity contribution in [2.24, 2.45) is 5.92 Å². The van der Waals surface area contributed by atoms with Crippen molar-refractivity contribution >= 4 is 0 Å². The van der Waals surface area contributed by atoms with E-state index in [1.54, 1.807) is 6.07 Å². The fourth-order valence-electron chi connectivity index (χ4n) is 5.11. The van der Waals surface area contributed by atoms with Crippen molar-refractivity contribution in [3.63, 3.8) is 0 Å². The van der Waals surface area contributed by atoms with E-state index in [-0.39, 0.29) is 5.41 Å². The van der Waals surface area contributed by atoms with Gasteiger partial charge >= 0.3 is 0 Å². The first kappa shape index (κ1) is 18.5. The minimum absolute atomic E-state index is 0.117. The summed E-state index contributed by atoms with van der Waals surface area (Å²) in [5.74, 6) is 0.965. The molecule has 3 heteroatoms. The predicted molar refractivity (Wildman–Crippen MR) is 111 cm³/mol. The molecule has 0 aromatic heterocycles. The zero-order chi connectivity index (χ0) is 19.0. The minimum Gasteiger partial charge on any atom is -0.508 e. The van der Waals surface area contributed by atoms with E-state index in [1.807, 2.05) is 12.1 Å². The molecule has 2 aromatic rings. The molecule has 2 heterocycles. The van der Waals surface area contributed by atoms with Gasteiger partial charge in [0.05, 0.1) is 0 Å². The predicted octanol–water partition coefficient (Wildman–Crippen LogP) is 4.18. The molecule has 2 saturated heterocycles. The molecule has 4 rings (SSSR count). The number of aryl methyl sites for hydroxylation is 1. The van der Waals surface area contributed by atoms with Gasteiger partial charge in [-0.2, -0.15) is 0 Å². The van der Waals surface area contributed by atoms with Gasteiger partial charge in [-0.1, -0.05) is 55.8 Å². The van der Waals surface area contributed by atoms with E-state index in [4.69, 9.17) is 0 Å². The SMILES string of the molecule is Cc1cccc(CN2CCN3C[C@H](C)[C@](C)(c4cccc(O)c4)C[C@@H]3C2)c1. The van der Waals surface area contributed by atoms with Gasteiger partial charge in [-0.15, -0.1) is 0 Å². The van der Waals surface area contributed by atoms with Crippen LogP contribution in [0.2, 0.25) is 0 Å². The van der Waals surface area contributed by atoms with Crippen LogP contribution in [0, 0.1) is 12.8 Å². The van der Waals surface area contributed by atoms with Crippen LogP contribution in [0.3, 0.4) is 0 Å². The van der Waals surface area contributed by atoms with E-state index in [0.29, 0.717) is 17.7 Å². The van der Waals surface area contributed by atoms with Crippen LogP contribution in [0.25, 0.3) is 0 Å². The maximum absolute atomic E-state index is 9.99. The first-order valence-electron chi connectivity index (χ1n) is 10.3. The molecule has 0 saturated carbocycles. The number of rotatable bonds is 3. The second kappa shape index (κ2) is 7.29. The van der Waals surface area contributed by atoms with Gasteiger partial charge in [0.1, 0.15) is 5.75 Å². The van der Waals surface area contributed by atoms with E-state index >= 15 is 0 Å². The van der Waals surface area contributed by atoms with E-state index in [2.05, 4.69) is 60.9 Å². The molecule has 2 fully saturated rings. The van der Waals surface area contributed by atoms with E-state index in [9.17, 15) is 5.11 Å². The summed E-state index contributed by atoms with van der Waals surface area (Å²) in [6.45, 7) is 12.6. The first-order chi connectivity index (χ1) is 12.9. The zero-order valence-corrected chi connectivity index (χ0v) is 16.9. The summed E-state index contributed by atoms with van der Waals surface area (Å²) in [6, 6.07) is 17.4. The molecule has 0 unspecified atom stereocenters. The topological polar surface area (TPSA) is 26.7 Å². The number of aromatic hydroxyl groups is 1. The van der Waals surface area contributed by atoms with Crippen molar-refractivity contribution in [2.45, 2.75) is 45.2 Å². The smallest absolute Gasteiger partial charge is 0.115 e. The molecule has 1 N–H and O–H groups in total. The molecule has 0 bridgehead atoms. The second-order valence-corrected chi connectivity index (χ2v) is 8.95. The quantitative estimate of drug-likeness (QED) is 0.885. The molecular formula is C24H32N2O. The van der Waals surface area contributed by atoms with Gasteiger partial charge in [0.2, 0.25) is 0 Å². The Morgan fingerprint density at radius 3 is 2.67 bits per heavy atom. The highest BCUT2D eigenvalue weighted by atomic mass is 16.3. The highest BCUT2D eigenvalue weighted by Gasteiger charge is 2.44. The molecule has 2 aliphatic rings. The number of phenolic OH excluding ortho intramolecular Hbond substituents is 1. The van der Waals surface area contributed by atoms with Crippen molar-refractivity contribution in [2.75, 3.05) is 26.2 Å². The Morgan fingerprint density at radius 1 is 1.07 bits per heavy atom. The summed E-state index contributed by atoms with van der Waals surface area (Å²) in [6.07, 6.45) is 1.15. The maximum atomic E-state index is 9.99. The third kappa shape index (κ3) is 3.76. The molecule has 0 radical (unpaired) electrons. The Kier molecular flexibility index (Phi) is 5.00. The maximum Gasteiger partial charge on any atom is 0.115 e. The number of benzene rings is 2. The number of piperazine rings is 1. The third-order valence-corrected chi connectivity index (χ3v) is 6.94. The Bertz CT molecular complexity index is 804. The molecule has 0 amide bonds. The molecule has 2 aliphatic heterocycles. The number of piperidine rings is 1. The van der Waals surface area contributed by atoms with E-state index < -0.39 is 0 Å². The summed E-state index contributed by atoms with van der Waals surface area (Å²) in [7, 11) is 0. The lowest BCUT2D eigenvalue weighted by Gasteiger charge is -2.53. The monoisotopic (exact) mass is 364 g/mol. The normalized spacial score (nSPS) is 29.4. The third-order valence-electron chi connectivity index (χ3n) is 6.94. The van der Waals surface area contributed by atoms with Crippen LogP contribution >= 0.6 is 0 Å². The number of phenols is 1. The molecule has 2 aromatic carbocycles. The number of nitrogens with zero attached hydrogens (tertiary/aromatic N) is 2. The minimum atomic E-state index is 0.117. The van der Waals surface area contributed by atoms with Gasteiger partial charge in [-0.3, -0.25) is 9.80 Å². The van der Waals surface area contributed by atoms with Gasteiger partial charge in [0.15, 0.2) is 0 Å². The fourth-order valence-corrected chi connectivity index (χ4v) is 5.11.